The first-order valence-electron chi connectivity index (χ1n) is 5.45. The summed E-state index contributed by atoms with van der Waals surface area (Å²) < 4.78 is 1.66. The van der Waals surface area contributed by atoms with Crippen molar-refractivity contribution < 1.29 is 4.79 Å². The van der Waals surface area contributed by atoms with Crippen LogP contribution in [0.3, 0.4) is 0 Å². The van der Waals surface area contributed by atoms with E-state index in [-0.39, 0.29) is 17.9 Å². The Morgan fingerprint density at radius 2 is 2.19 bits per heavy atom. The van der Waals surface area contributed by atoms with Crippen LogP contribution in [0.1, 0.15) is 50.1 Å². The summed E-state index contributed by atoms with van der Waals surface area (Å²) in [6, 6.07) is 0.153. The maximum atomic E-state index is 12.0. The summed E-state index contributed by atoms with van der Waals surface area (Å²) in [5.41, 5.74) is 6.12. The molecule has 1 unspecified atom stereocenters. The van der Waals surface area contributed by atoms with Gasteiger partial charge in [-0.1, -0.05) is 11.6 Å². The number of ketones is 1. The summed E-state index contributed by atoms with van der Waals surface area (Å²) in [5.74, 6) is 0.00787. The van der Waals surface area contributed by atoms with E-state index in [1.807, 2.05) is 20.8 Å². The minimum atomic E-state index is 0.00787. The molecule has 0 saturated carbocycles. The average Bonchev–Trinajstić information content (AvgIpc) is 2.56. The Morgan fingerprint density at radius 3 is 2.69 bits per heavy atom. The first kappa shape index (κ1) is 13.2. The predicted molar refractivity (Wildman–Crippen MR) is 64.8 cm³/mol. The zero-order chi connectivity index (χ0) is 12.3. The van der Waals surface area contributed by atoms with Gasteiger partial charge in [0.15, 0.2) is 5.78 Å². The number of nitrogens with two attached hydrogens (primary N) is 1. The van der Waals surface area contributed by atoms with Crippen LogP contribution in [0.25, 0.3) is 0 Å². The molecular formula is C11H18ClN3O. The molecule has 0 aromatic carbocycles. The summed E-state index contributed by atoms with van der Waals surface area (Å²) in [5, 5.41) is 4.52. The fraction of sp³-hybridized carbons (Fsp3) is 0.636. The third kappa shape index (κ3) is 3.06. The molecule has 1 heterocycles. The fourth-order valence-corrected chi connectivity index (χ4v) is 1.71. The Morgan fingerprint density at radius 1 is 1.56 bits per heavy atom. The normalized spacial score (nSPS) is 13.1. The molecule has 16 heavy (non-hydrogen) atoms. The molecule has 0 aliphatic rings. The maximum Gasteiger partial charge on any atom is 0.182 e. The summed E-state index contributed by atoms with van der Waals surface area (Å²) in [4.78, 5) is 12.0. The van der Waals surface area contributed by atoms with E-state index in [0.29, 0.717) is 23.6 Å². The number of carbonyl (C=O) groups is 1. The highest BCUT2D eigenvalue weighted by molar-refractivity contribution is 6.33. The number of Topliss-reactive ketones (excluding diaryl/α,β-unsaturated/α-hetero) is 1. The summed E-state index contributed by atoms with van der Waals surface area (Å²) in [6.07, 6.45) is 2.59. The smallest absolute Gasteiger partial charge is 0.182 e. The highest BCUT2D eigenvalue weighted by atomic mass is 35.5. The lowest BCUT2D eigenvalue weighted by atomic mass is 10.1. The second kappa shape index (κ2) is 5.46. The van der Waals surface area contributed by atoms with Gasteiger partial charge in [0.2, 0.25) is 0 Å². The molecule has 0 aliphatic heterocycles. The maximum absolute atomic E-state index is 12.0. The molecule has 0 amide bonds. The van der Waals surface area contributed by atoms with E-state index in [0.717, 1.165) is 0 Å². The minimum absolute atomic E-state index is 0.00787. The van der Waals surface area contributed by atoms with Gasteiger partial charge in [0.25, 0.3) is 0 Å². The molecule has 5 heteroatoms. The highest BCUT2D eigenvalue weighted by Gasteiger charge is 2.18. The molecule has 0 fully saturated rings. The van der Waals surface area contributed by atoms with Gasteiger partial charge in [-0.15, -0.1) is 0 Å². The van der Waals surface area contributed by atoms with Crippen molar-refractivity contribution in [1.82, 2.24) is 9.78 Å². The van der Waals surface area contributed by atoms with Crippen molar-refractivity contribution in [2.24, 2.45) is 5.73 Å². The number of aromatic nitrogens is 2. The summed E-state index contributed by atoms with van der Waals surface area (Å²) in [6.45, 7) is 5.81. The lowest BCUT2D eigenvalue weighted by molar-refractivity contribution is 0.0966. The van der Waals surface area contributed by atoms with Crippen molar-refractivity contribution in [2.45, 2.75) is 45.7 Å². The Balaban J connectivity index is 2.85. The van der Waals surface area contributed by atoms with Gasteiger partial charge in [0.1, 0.15) is 5.69 Å². The molecule has 0 aliphatic carbocycles. The zero-order valence-electron chi connectivity index (χ0n) is 9.90. The van der Waals surface area contributed by atoms with Gasteiger partial charge >= 0.3 is 0 Å². The molecule has 2 N–H and O–H groups in total. The Bertz CT molecular complexity index is 371. The lowest BCUT2D eigenvalue weighted by Crippen LogP contribution is -2.18. The minimum Gasteiger partial charge on any atom is -0.328 e. The van der Waals surface area contributed by atoms with E-state index < -0.39 is 0 Å². The van der Waals surface area contributed by atoms with Crippen LogP contribution in [0.4, 0.5) is 0 Å². The topological polar surface area (TPSA) is 60.9 Å². The van der Waals surface area contributed by atoms with Crippen molar-refractivity contribution in [3.8, 4) is 0 Å². The number of hydrogen-bond acceptors (Lipinski definition) is 3. The van der Waals surface area contributed by atoms with Crippen molar-refractivity contribution >= 4 is 17.4 Å². The molecule has 90 valence electrons. The zero-order valence-corrected chi connectivity index (χ0v) is 10.7. The van der Waals surface area contributed by atoms with Crippen LogP contribution in [-0.4, -0.2) is 21.6 Å². The standard InChI is InChI=1S/C11H18ClN3O/c1-7(2)15-11(9(12)6-14-15)10(16)5-4-8(3)13/h6-8H,4-5,13H2,1-3H3. The third-order valence-corrected chi connectivity index (χ3v) is 2.61. The molecule has 0 saturated heterocycles. The van der Waals surface area contributed by atoms with Gasteiger partial charge in [-0.25, -0.2) is 0 Å². The molecule has 0 spiro atoms. The van der Waals surface area contributed by atoms with E-state index in [1.165, 1.54) is 6.20 Å². The van der Waals surface area contributed by atoms with Crippen molar-refractivity contribution in [3.63, 3.8) is 0 Å². The van der Waals surface area contributed by atoms with Gasteiger partial charge < -0.3 is 5.73 Å². The lowest BCUT2D eigenvalue weighted by Gasteiger charge is -2.11. The number of nitrogens with zero attached hydrogens (tertiary/aromatic N) is 2. The largest absolute Gasteiger partial charge is 0.328 e. The number of rotatable bonds is 5. The molecule has 1 aromatic rings. The molecule has 0 bridgehead atoms. The van der Waals surface area contributed by atoms with Crippen LogP contribution < -0.4 is 5.73 Å². The SMILES string of the molecule is CC(N)CCC(=O)c1c(Cl)cnn1C(C)C. The van der Waals surface area contributed by atoms with Crippen LogP contribution in [0.2, 0.25) is 5.02 Å². The first-order chi connectivity index (χ1) is 7.43. The monoisotopic (exact) mass is 243 g/mol. The van der Waals surface area contributed by atoms with Crippen LogP contribution in [0.5, 0.6) is 0 Å². The highest BCUT2D eigenvalue weighted by Crippen LogP contribution is 2.21. The Hall–Kier alpha value is -0.870. The van der Waals surface area contributed by atoms with E-state index in [4.69, 9.17) is 17.3 Å². The molecule has 0 radical (unpaired) electrons. The van der Waals surface area contributed by atoms with Gasteiger partial charge in [0.05, 0.1) is 11.2 Å². The summed E-state index contributed by atoms with van der Waals surface area (Å²) in [7, 11) is 0. The van der Waals surface area contributed by atoms with Crippen molar-refractivity contribution in [3.05, 3.63) is 16.9 Å². The van der Waals surface area contributed by atoms with E-state index in [1.54, 1.807) is 4.68 Å². The van der Waals surface area contributed by atoms with Crippen molar-refractivity contribution in [1.29, 1.82) is 0 Å². The quantitative estimate of drug-likeness (QED) is 0.808. The van der Waals surface area contributed by atoms with E-state index in [2.05, 4.69) is 5.10 Å². The van der Waals surface area contributed by atoms with Gasteiger partial charge in [-0.2, -0.15) is 5.10 Å². The molecule has 1 rings (SSSR count). The molecule has 1 aromatic heterocycles. The van der Waals surface area contributed by atoms with Gasteiger partial charge in [0, 0.05) is 18.5 Å². The van der Waals surface area contributed by atoms with Gasteiger partial charge in [-0.3, -0.25) is 9.48 Å². The van der Waals surface area contributed by atoms with Crippen LogP contribution in [0.15, 0.2) is 6.20 Å². The number of hydrogen-bond donors (Lipinski definition) is 1. The van der Waals surface area contributed by atoms with Gasteiger partial charge in [-0.05, 0) is 27.2 Å². The Kier molecular flexibility index (Phi) is 4.50. The average molecular weight is 244 g/mol. The first-order valence-corrected chi connectivity index (χ1v) is 5.83. The third-order valence-electron chi connectivity index (χ3n) is 2.33. The second-order valence-electron chi connectivity index (χ2n) is 4.32. The van der Waals surface area contributed by atoms with Crippen molar-refractivity contribution in [2.75, 3.05) is 0 Å². The number of halogens is 1. The van der Waals surface area contributed by atoms with E-state index >= 15 is 0 Å². The molecular weight excluding hydrogens is 226 g/mol. The second-order valence-corrected chi connectivity index (χ2v) is 4.73. The van der Waals surface area contributed by atoms with Crippen LogP contribution >= 0.6 is 11.6 Å². The summed E-state index contributed by atoms with van der Waals surface area (Å²) >= 11 is 5.96. The number of carbonyl (C=O) groups excluding carboxylic acids is 1. The molecule has 1 atom stereocenters. The van der Waals surface area contributed by atoms with Crippen LogP contribution in [-0.2, 0) is 0 Å². The Labute approximate surface area is 101 Å². The van der Waals surface area contributed by atoms with Crippen LogP contribution in [0, 0.1) is 0 Å². The predicted octanol–water partition coefficient (Wildman–Crippen LogP) is 2.43. The molecule has 4 nitrogen and oxygen atoms in total. The van der Waals surface area contributed by atoms with E-state index in [9.17, 15) is 4.79 Å². The fourth-order valence-electron chi connectivity index (χ4n) is 1.47.